The molecule has 8 bridgehead atoms. The standard InChI is InChI=1S/C30H28N6O6/c31-25(9-11-27(37)38)29(41)35-21-5-6-23(35)15-19-3-4-20(34-19)16-24-8-7-22(14-18-2-1-17(13-21)33-18)36(24)30(42)26(32)10-12-28(39)40/h1-8,13-16,25-26H,9-12,31-32H2,(H,37,38)(H,39,40)/t25-,26-/m0/s1/i5D. The van der Waals surface area contributed by atoms with Gasteiger partial charge in [0.25, 0.3) is 0 Å². The van der Waals surface area contributed by atoms with Crippen LogP contribution in [0.1, 0.15) is 59.4 Å². The van der Waals surface area contributed by atoms with Crippen molar-refractivity contribution in [2.24, 2.45) is 11.5 Å². The van der Waals surface area contributed by atoms with Crippen LogP contribution in [0.4, 0.5) is 0 Å². The number of hydrogen-bond donors (Lipinski definition) is 4. The predicted molar refractivity (Wildman–Crippen MR) is 157 cm³/mol. The first-order valence-electron chi connectivity index (χ1n) is 13.6. The van der Waals surface area contributed by atoms with Crippen molar-refractivity contribution < 1.29 is 30.8 Å². The quantitative estimate of drug-likeness (QED) is 0.215. The zero-order valence-electron chi connectivity index (χ0n) is 23.3. The number of carboxylic acids is 2. The van der Waals surface area contributed by atoms with Crippen molar-refractivity contribution in [1.29, 1.82) is 0 Å². The van der Waals surface area contributed by atoms with Gasteiger partial charge in [-0.15, -0.1) is 0 Å². The maximum atomic E-state index is 13.5. The number of hydrogen-bond acceptors (Lipinski definition) is 8. The van der Waals surface area contributed by atoms with Gasteiger partial charge < -0.3 is 21.7 Å². The van der Waals surface area contributed by atoms with E-state index in [0.29, 0.717) is 39.3 Å². The summed E-state index contributed by atoms with van der Waals surface area (Å²) < 4.78 is 11.3. The molecule has 0 aliphatic carbocycles. The molecule has 3 aromatic heterocycles. The number of carbonyl (C=O) groups excluding carboxylic acids is 2. The van der Waals surface area contributed by atoms with Crippen LogP contribution in [0, 0.1) is 0 Å². The lowest BCUT2D eigenvalue weighted by Gasteiger charge is -2.12. The van der Waals surface area contributed by atoms with Crippen LogP contribution in [0.3, 0.4) is 0 Å². The summed E-state index contributed by atoms with van der Waals surface area (Å²) >= 11 is 0. The zero-order chi connectivity index (χ0) is 30.8. The molecule has 0 fully saturated rings. The van der Waals surface area contributed by atoms with Gasteiger partial charge in [0.15, 0.2) is 0 Å². The van der Waals surface area contributed by atoms with E-state index in [-0.39, 0.29) is 37.2 Å². The van der Waals surface area contributed by atoms with Crippen molar-refractivity contribution in [3.05, 3.63) is 71.3 Å². The van der Waals surface area contributed by atoms with Crippen LogP contribution in [0.2, 0.25) is 0 Å². The summed E-state index contributed by atoms with van der Waals surface area (Å²) in [6, 6.07) is 9.28. The molecular formula is C30H28N6O6. The van der Waals surface area contributed by atoms with Crippen LogP contribution in [-0.2, 0) is 9.59 Å². The number of nitrogens with two attached hydrogens (primary N) is 2. The molecule has 12 heteroatoms. The van der Waals surface area contributed by atoms with Crippen molar-refractivity contribution in [2.75, 3.05) is 0 Å². The highest BCUT2D eigenvalue weighted by molar-refractivity contribution is 5.96. The van der Waals surface area contributed by atoms with Gasteiger partial charge in [0.1, 0.15) is 0 Å². The lowest BCUT2D eigenvalue weighted by Crippen LogP contribution is -2.35. The van der Waals surface area contributed by atoms with Crippen LogP contribution in [-0.4, -0.2) is 65.2 Å². The Morgan fingerprint density at radius 2 is 1.02 bits per heavy atom. The van der Waals surface area contributed by atoms with Gasteiger partial charge in [-0.25, -0.2) is 9.97 Å². The summed E-state index contributed by atoms with van der Waals surface area (Å²) in [6.07, 6.45) is 6.14. The molecule has 0 saturated carbocycles. The number of fused-ring (bicyclic) bond motifs is 8. The Kier molecular flexibility index (Phi) is 7.54. The molecule has 2 atom stereocenters. The molecule has 0 spiro atoms. The molecule has 2 aliphatic heterocycles. The fraction of sp³-hybridized carbons (Fsp3) is 0.200. The van der Waals surface area contributed by atoms with E-state index in [1.807, 2.05) is 0 Å². The molecule has 42 heavy (non-hydrogen) atoms. The van der Waals surface area contributed by atoms with Crippen molar-refractivity contribution >= 4 is 70.1 Å². The second-order valence-corrected chi connectivity index (χ2v) is 9.87. The lowest BCUT2D eigenvalue weighted by atomic mass is 10.1. The average Bonchev–Trinajstić information content (AvgIpc) is 3.74. The van der Waals surface area contributed by atoms with Crippen molar-refractivity contribution in [2.45, 2.75) is 37.8 Å². The van der Waals surface area contributed by atoms with Gasteiger partial charge in [-0.3, -0.25) is 28.3 Å². The molecule has 0 saturated heterocycles. The van der Waals surface area contributed by atoms with Crippen LogP contribution < -0.4 is 11.5 Å². The molecule has 3 aromatic rings. The number of aliphatic carboxylic acids is 2. The number of carbonyl (C=O) groups is 4. The number of aromatic nitrogens is 4. The summed E-state index contributed by atoms with van der Waals surface area (Å²) in [4.78, 5) is 58.2. The van der Waals surface area contributed by atoms with E-state index in [1.54, 1.807) is 60.7 Å². The number of rotatable bonds is 8. The van der Waals surface area contributed by atoms with Crippen molar-refractivity contribution in [3.63, 3.8) is 0 Å². The molecule has 0 amide bonds. The summed E-state index contributed by atoms with van der Waals surface area (Å²) in [6.45, 7) is 0. The molecule has 0 unspecified atom stereocenters. The fourth-order valence-corrected chi connectivity index (χ4v) is 4.66. The molecule has 12 nitrogen and oxygen atoms in total. The Labute approximate surface area is 240 Å². The SMILES string of the molecule is [2H]c1cc2cc3nc(cc4ccc(cc5nc(cc1n2C(=O)[C@@H](N)CCC(=O)O)C=C5)n4C(=O)[C@@H](N)CCC(=O)O)C=C3. The molecule has 5 rings (SSSR count). The first-order valence-corrected chi connectivity index (χ1v) is 13.1. The Balaban J connectivity index is 1.74. The molecule has 5 heterocycles. The second-order valence-electron chi connectivity index (χ2n) is 9.87. The van der Waals surface area contributed by atoms with Crippen molar-refractivity contribution in [1.82, 2.24) is 19.1 Å². The number of carboxylic acid groups (broad SMARTS) is 2. The summed E-state index contributed by atoms with van der Waals surface area (Å²) in [5, 5.41) is 18.1. The maximum absolute atomic E-state index is 13.5. The predicted octanol–water partition coefficient (Wildman–Crippen LogP) is 3.27. The minimum Gasteiger partial charge on any atom is -0.481 e. The van der Waals surface area contributed by atoms with E-state index in [9.17, 15) is 19.2 Å². The third-order valence-corrected chi connectivity index (χ3v) is 6.76. The number of nitrogens with zero attached hydrogens (tertiary/aromatic N) is 4. The molecule has 2 aliphatic rings. The van der Waals surface area contributed by atoms with Gasteiger partial charge in [0.2, 0.25) is 11.8 Å². The Bertz CT molecular complexity index is 1890. The van der Waals surface area contributed by atoms with Gasteiger partial charge in [-0.1, -0.05) is 0 Å². The molecular weight excluding hydrogens is 540 g/mol. The van der Waals surface area contributed by atoms with Crippen LogP contribution in [0.15, 0.2) is 48.5 Å². The normalized spacial score (nSPS) is 13.9. The van der Waals surface area contributed by atoms with E-state index in [0.717, 1.165) is 0 Å². The molecule has 6 N–H and O–H groups in total. The highest BCUT2D eigenvalue weighted by Gasteiger charge is 2.21. The van der Waals surface area contributed by atoms with Gasteiger partial charge in [-0.2, -0.15) is 0 Å². The third-order valence-electron chi connectivity index (χ3n) is 6.76. The Hall–Kier alpha value is -5.20. The summed E-state index contributed by atoms with van der Waals surface area (Å²) in [5.41, 5.74) is 15.5. The van der Waals surface area contributed by atoms with Gasteiger partial charge in [0, 0.05) is 12.8 Å². The minimum absolute atomic E-state index is 0.0280. The Morgan fingerprint density at radius 1 is 0.667 bits per heavy atom. The van der Waals surface area contributed by atoms with Gasteiger partial charge in [0.05, 0.1) is 58.3 Å². The first kappa shape index (κ1) is 27.0. The third kappa shape index (κ3) is 6.09. The molecule has 0 aromatic carbocycles. The molecule has 0 radical (unpaired) electrons. The summed E-state index contributed by atoms with van der Waals surface area (Å²) in [5.74, 6) is -3.19. The van der Waals surface area contributed by atoms with Gasteiger partial charge in [-0.05, 0) is 85.7 Å². The highest BCUT2D eigenvalue weighted by atomic mass is 16.4. The maximum Gasteiger partial charge on any atom is 0.303 e. The Morgan fingerprint density at radius 3 is 1.43 bits per heavy atom. The van der Waals surface area contributed by atoms with Crippen LogP contribution in [0.5, 0.6) is 0 Å². The van der Waals surface area contributed by atoms with E-state index < -0.39 is 35.8 Å². The van der Waals surface area contributed by atoms with E-state index >= 15 is 0 Å². The second kappa shape index (κ2) is 11.7. The molecule has 214 valence electrons. The fourth-order valence-electron chi connectivity index (χ4n) is 4.66. The topological polar surface area (TPSA) is 196 Å². The highest BCUT2D eigenvalue weighted by Crippen LogP contribution is 2.22. The smallest absolute Gasteiger partial charge is 0.303 e. The van der Waals surface area contributed by atoms with E-state index in [1.165, 1.54) is 15.2 Å². The van der Waals surface area contributed by atoms with E-state index in [4.69, 9.17) is 23.1 Å². The van der Waals surface area contributed by atoms with Crippen LogP contribution in [0.25, 0.3) is 46.4 Å². The largest absolute Gasteiger partial charge is 0.481 e. The first-order chi connectivity index (χ1) is 20.5. The van der Waals surface area contributed by atoms with Crippen LogP contribution >= 0.6 is 0 Å². The average molecular weight is 570 g/mol. The van der Waals surface area contributed by atoms with Gasteiger partial charge >= 0.3 is 11.9 Å². The lowest BCUT2D eigenvalue weighted by molar-refractivity contribution is -0.138. The van der Waals surface area contributed by atoms with Crippen molar-refractivity contribution in [3.8, 4) is 0 Å². The minimum atomic E-state index is -1.12. The zero-order valence-corrected chi connectivity index (χ0v) is 22.3. The monoisotopic (exact) mass is 569 g/mol. The summed E-state index contributed by atoms with van der Waals surface area (Å²) in [7, 11) is 0. The van der Waals surface area contributed by atoms with E-state index in [2.05, 4.69) is 9.97 Å².